The normalized spacial score (nSPS) is 13.5. The van der Waals surface area contributed by atoms with Gasteiger partial charge >= 0.3 is 0 Å². The zero-order valence-electron chi connectivity index (χ0n) is 24.5. The van der Waals surface area contributed by atoms with E-state index < -0.39 is 0 Å². The van der Waals surface area contributed by atoms with E-state index in [1.165, 1.54) is 88.3 Å². The lowest BCUT2D eigenvalue weighted by Gasteiger charge is -2.40. The number of benzene rings is 7. The molecule has 0 fully saturated rings. The summed E-state index contributed by atoms with van der Waals surface area (Å²) in [6, 6.07) is 56.6. The van der Waals surface area contributed by atoms with E-state index in [9.17, 15) is 0 Å². The third kappa shape index (κ3) is 3.25. The van der Waals surface area contributed by atoms with Crippen LogP contribution in [0, 0.1) is 0 Å². The zero-order chi connectivity index (χ0) is 29.5. The third-order valence-corrected chi connectivity index (χ3v) is 10.2. The smallest absolute Gasteiger partial charge is 0.0725 e. The Kier molecular flexibility index (Phi) is 4.99. The predicted octanol–water partition coefficient (Wildman–Crippen LogP) is 11.1. The molecule has 0 bridgehead atoms. The average molecular weight is 570 g/mol. The van der Waals surface area contributed by atoms with Crippen LogP contribution in [-0.2, 0) is 5.41 Å². The molecule has 0 amide bonds. The standard InChI is InChI=1S/C44H27N/c1-4-12-39-34(8-1)35-9-2-5-13-40(35)44(39)41-14-6-3-10-36(41)38-21-20-33(37-11-7-15-42(44)43(37)38)32-19-18-30-26-29(16-17-31(30)27-32)28-22-24-45-25-23-28/h1-27H. The van der Waals surface area contributed by atoms with Crippen molar-refractivity contribution in [2.75, 3.05) is 0 Å². The van der Waals surface area contributed by atoms with Crippen LogP contribution in [0.1, 0.15) is 22.3 Å². The van der Waals surface area contributed by atoms with Crippen molar-refractivity contribution in [3.05, 3.63) is 186 Å². The predicted molar refractivity (Wildman–Crippen MR) is 186 cm³/mol. The molecule has 0 saturated heterocycles. The second-order valence-electron chi connectivity index (χ2n) is 12.3. The van der Waals surface area contributed by atoms with Gasteiger partial charge in [0.25, 0.3) is 0 Å². The summed E-state index contributed by atoms with van der Waals surface area (Å²) in [6.07, 6.45) is 3.71. The van der Waals surface area contributed by atoms with Gasteiger partial charge in [-0.25, -0.2) is 0 Å². The molecule has 8 aromatic rings. The average Bonchev–Trinajstić information content (AvgIpc) is 3.41. The fourth-order valence-electron chi connectivity index (χ4n) is 8.34. The minimum absolute atomic E-state index is 0.373. The third-order valence-electron chi connectivity index (χ3n) is 10.2. The van der Waals surface area contributed by atoms with E-state index in [1.807, 2.05) is 12.4 Å². The molecule has 1 nitrogen and oxygen atoms in total. The van der Waals surface area contributed by atoms with Crippen LogP contribution in [0.2, 0.25) is 0 Å². The molecule has 2 aliphatic rings. The molecule has 1 heterocycles. The minimum Gasteiger partial charge on any atom is -0.265 e. The minimum atomic E-state index is -0.373. The van der Waals surface area contributed by atoms with E-state index in [0.29, 0.717) is 0 Å². The first-order valence-electron chi connectivity index (χ1n) is 15.6. The number of hydrogen-bond acceptors (Lipinski definition) is 1. The zero-order valence-corrected chi connectivity index (χ0v) is 24.5. The maximum atomic E-state index is 4.18. The molecule has 1 spiro atoms. The van der Waals surface area contributed by atoms with E-state index in [0.717, 1.165) is 0 Å². The summed E-state index contributed by atoms with van der Waals surface area (Å²) >= 11 is 0. The molecule has 7 aromatic carbocycles. The van der Waals surface area contributed by atoms with Crippen LogP contribution in [-0.4, -0.2) is 4.98 Å². The summed E-state index contributed by atoms with van der Waals surface area (Å²) in [5.41, 5.74) is 15.3. The number of nitrogens with zero attached hydrogens (tertiary/aromatic N) is 1. The van der Waals surface area contributed by atoms with Crippen molar-refractivity contribution in [2.45, 2.75) is 5.41 Å². The van der Waals surface area contributed by atoms with Crippen molar-refractivity contribution in [3.8, 4) is 44.5 Å². The van der Waals surface area contributed by atoms with Gasteiger partial charge in [-0.15, -0.1) is 0 Å². The molecule has 0 unspecified atom stereocenters. The van der Waals surface area contributed by atoms with Crippen molar-refractivity contribution in [2.24, 2.45) is 0 Å². The van der Waals surface area contributed by atoms with Gasteiger partial charge in [0.15, 0.2) is 0 Å². The summed E-state index contributed by atoms with van der Waals surface area (Å²) in [7, 11) is 0. The van der Waals surface area contributed by atoms with Crippen LogP contribution >= 0.6 is 0 Å². The van der Waals surface area contributed by atoms with Gasteiger partial charge < -0.3 is 0 Å². The Morgan fingerprint density at radius 2 is 0.889 bits per heavy atom. The molecule has 1 aromatic heterocycles. The van der Waals surface area contributed by atoms with Crippen LogP contribution in [0.5, 0.6) is 0 Å². The number of rotatable bonds is 2. The number of pyridine rings is 1. The first-order valence-corrected chi connectivity index (χ1v) is 15.6. The first-order chi connectivity index (χ1) is 22.3. The highest BCUT2D eigenvalue weighted by atomic mass is 14.6. The SMILES string of the molecule is c1ccc2c(c1)-c1ccccc1C21c2ccccc2-c2ccc(-c3ccc4cc(-c5ccncc5)ccc4c3)c3cccc1c23. The Morgan fingerprint density at radius 3 is 1.56 bits per heavy atom. The van der Waals surface area contributed by atoms with Crippen molar-refractivity contribution < 1.29 is 0 Å². The highest BCUT2D eigenvalue weighted by Crippen LogP contribution is 2.62. The van der Waals surface area contributed by atoms with E-state index >= 15 is 0 Å². The van der Waals surface area contributed by atoms with Crippen LogP contribution in [0.15, 0.2) is 164 Å². The molecule has 0 N–H and O–H groups in total. The maximum Gasteiger partial charge on any atom is 0.0725 e. The molecule has 0 aliphatic heterocycles. The second kappa shape index (κ2) is 9.11. The Labute approximate surface area is 262 Å². The largest absolute Gasteiger partial charge is 0.265 e. The summed E-state index contributed by atoms with van der Waals surface area (Å²) in [4.78, 5) is 4.18. The first kappa shape index (κ1) is 24.6. The highest BCUT2D eigenvalue weighted by Gasteiger charge is 2.49. The lowest BCUT2D eigenvalue weighted by Crippen LogP contribution is -2.31. The van der Waals surface area contributed by atoms with Gasteiger partial charge in [0.1, 0.15) is 0 Å². The Bertz CT molecular complexity index is 2440. The molecule has 0 saturated carbocycles. The van der Waals surface area contributed by atoms with Crippen molar-refractivity contribution >= 4 is 21.5 Å². The van der Waals surface area contributed by atoms with Crippen LogP contribution in [0.4, 0.5) is 0 Å². The monoisotopic (exact) mass is 569 g/mol. The van der Waals surface area contributed by atoms with Crippen molar-refractivity contribution in [3.63, 3.8) is 0 Å². The van der Waals surface area contributed by atoms with Crippen LogP contribution in [0.3, 0.4) is 0 Å². The summed E-state index contributed by atoms with van der Waals surface area (Å²) in [6.45, 7) is 0. The lowest BCUT2D eigenvalue weighted by molar-refractivity contribution is 0.773. The van der Waals surface area contributed by atoms with Gasteiger partial charge in [-0.3, -0.25) is 4.98 Å². The van der Waals surface area contributed by atoms with E-state index in [4.69, 9.17) is 0 Å². The number of fused-ring (bicyclic) bond motifs is 10. The summed E-state index contributed by atoms with van der Waals surface area (Å²) in [5, 5.41) is 5.14. The van der Waals surface area contributed by atoms with E-state index in [1.54, 1.807) is 0 Å². The van der Waals surface area contributed by atoms with Crippen LogP contribution in [0.25, 0.3) is 66.1 Å². The molecular weight excluding hydrogens is 542 g/mol. The van der Waals surface area contributed by atoms with Crippen molar-refractivity contribution in [1.29, 1.82) is 0 Å². The van der Waals surface area contributed by atoms with Gasteiger partial charge in [-0.2, -0.15) is 0 Å². The molecule has 45 heavy (non-hydrogen) atoms. The fraction of sp³-hybridized carbons (Fsp3) is 0.0227. The van der Waals surface area contributed by atoms with Crippen molar-refractivity contribution in [1.82, 2.24) is 4.98 Å². The number of aromatic nitrogens is 1. The molecule has 2 aliphatic carbocycles. The summed E-state index contributed by atoms with van der Waals surface area (Å²) in [5.74, 6) is 0. The van der Waals surface area contributed by atoms with Gasteiger partial charge in [-0.05, 0) is 113 Å². The van der Waals surface area contributed by atoms with Crippen LogP contribution < -0.4 is 0 Å². The molecule has 0 radical (unpaired) electrons. The van der Waals surface area contributed by atoms with Gasteiger partial charge in [0.05, 0.1) is 5.41 Å². The van der Waals surface area contributed by atoms with Gasteiger partial charge in [0, 0.05) is 12.4 Å². The van der Waals surface area contributed by atoms with E-state index in [2.05, 4.69) is 157 Å². The Morgan fingerprint density at radius 1 is 0.356 bits per heavy atom. The molecule has 0 atom stereocenters. The van der Waals surface area contributed by atoms with Gasteiger partial charge in [-0.1, -0.05) is 127 Å². The maximum absolute atomic E-state index is 4.18. The van der Waals surface area contributed by atoms with E-state index in [-0.39, 0.29) is 5.41 Å². The summed E-state index contributed by atoms with van der Waals surface area (Å²) < 4.78 is 0. The topological polar surface area (TPSA) is 12.9 Å². The Hall–Kier alpha value is -5.79. The highest BCUT2D eigenvalue weighted by molar-refractivity contribution is 6.12. The molecule has 208 valence electrons. The quantitative estimate of drug-likeness (QED) is 0.202. The number of hydrogen-bond donors (Lipinski definition) is 0. The molecular formula is C44H27N. The Balaban J connectivity index is 1.25. The molecule has 1 heteroatoms. The van der Waals surface area contributed by atoms with Gasteiger partial charge in [0.2, 0.25) is 0 Å². The molecule has 10 rings (SSSR count). The fourth-order valence-corrected chi connectivity index (χ4v) is 8.34. The second-order valence-corrected chi connectivity index (χ2v) is 12.3. The lowest BCUT2D eigenvalue weighted by atomic mass is 9.61.